The predicted molar refractivity (Wildman–Crippen MR) is 70.2 cm³/mol. The summed E-state index contributed by atoms with van der Waals surface area (Å²) < 4.78 is 4.91. The van der Waals surface area contributed by atoms with E-state index in [9.17, 15) is 19.2 Å². The van der Waals surface area contributed by atoms with E-state index in [1.165, 1.54) is 0 Å². The van der Waals surface area contributed by atoms with Crippen LogP contribution in [0.2, 0.25) is 0 Å². The molecule has 22 heavy (non-hydrogen) atoms. The molecule has 0 saturated carbocycles. The summed E-state index contributed by atoms with van der Waals surface area (Å²) in [5.74, 6) is -6.56. The second-order valence-electron chi connectivity index (χ2n) is 3.73. The van der Waals surface area contributed by atoms with E-state index in [2.05, 4.69) is 0 Å². The molecule has 114 valence electrons. The number of rotatable bonds is 3. The van der Waals surface area contributed by atoms with Crippen LogP contribution in [-0.2, 0) is 19.2 Å². The predicted octanol–water partition coefficient (Wildman–Crippen LogP) is -0.387. The van der Waals surface area contributed by atoms with Crippen LogP contribution in [0, 0.1) is 11.3 Å². The largest absolute Gasteiger partial charge is 0.492 e. The Morgan fingerprint density at radius 1 is 1.05 bits per heavy atom. The number of carbonyl (C=O) groups excluding carboxylic acids is 2. The van der Waals surface area contributed by atoms with Crippen molar-refractivity contribution in [2.75, 3.05) is 17.7 Å². The van der Waals surface area contributed by atoms with Crippen LogP contribution in [0.4, 0.5) is 11.4 Å². The summed E-state index contributed by atoms with van der Waals surface area (Å²) in [6.07, 6.45) is 0. The topological polar surface area (TPSA) is 166 Å². The SMILES string of the molecule is COc1c(NC(=O)C(=O)O)cc(C#N)cc1NC(=O)C(=O)O. The van der Waals surface area contributed by atoms with Gasteiger partial charge in [0.05, 0.1) is 30.1 Å². The molecule has 10 nitrogen and oxygen atoms in total. The number of amides is 2. The van der Waals surface area contributed by atoms with E-state index >= 15 is 0 Å². The highest BCUT2D eigenvalue weighted by atomic mass is 16.5. The minimum absolute atomic E-state index is 0.0674. The first-order chi connectivity index (χ1) is 10.3. The summed E-state index contributed by atoms with van der Waals surface area (Å²) in [5.41, 5.74) is -0.494. The molecule has 1 aromatic carbocycles. The summed E-state index contributed by atoms with van der Waals surface area (Å²) in [4.78, 5) is 43.5. The van der Waals surface area contributed by atoms with Crippen molar-refractivity contribution in [1.82, 2.24) is 0 Å². The zero-order valence-corrected chi connectivity index (χ0v) is 11.0. The van der Waals surface area contributed by atoms with Gasteiger partial charge in [-0.3, -0.25) is 9.59 Å². The Morgan fingerprint density at radius 3 is 1.73 bits per heavy atom. The van der Waals surface area contributed by atoms with Gasteiger partial charge in [-0.25, -0.2) is 9.59 Å². The average Bonchev–Trinajstić information content (AvgIpc) is 2.46. The second kappa shape index (κ2) is 6.71. The number of nitrogens with one attached hydrogen (secondary N) is 2. The lowest BCUT2D eigenvalue weighted by Gasteiger charge is -2.14. The van der Waals surface area contributed by atoms with Gasteiger partial charge in [-0.2, -0.15) is 5.26 Å². The van der Waals surface area contributed by atoms with Crippen LogP contribution in [0.5, 0.6) is 5.75 Å². The standard InChI is InChI=1S/C12H9N3O7/c1-22-8-6(14-9(16)11(18)19)2-5(4-13)3-7(8)15-10(17)12(20)21/h2-3H,1H3,(H,14,16)(H,15,17)(H,18,19)(H,20,21). The van der Waals surface area contributed by atoms with Crippen LogP contribution in [0.1, 0.15) is 5.56 Å². The Bertz CT molecular complexity index is 656. The van der Waals surface area contributed by atoms with Crippen molar-refractivity contribution >= 4 is 35.1 Å². The van der Waals surface area contributed by atoms with Gasteiger partial charge in [-0.15, -0.1) is 0 Å². The van der Waals surface area contributed by atoms with Gasteiger partial charge in [-0.1, -0.05) is 0 Å². The third-order valence-corrected chi connectivity index (χ3v) is 2.31. The summed E-state index contributed by atoms with van der Waals surface area (Å²) in [5, 5.41) is 29.9. The molecule has 0 spiro atoms. The van der Waals surface area contributed by atoms with E-state index in [0.29, 0.717) is 0 Å². The van der Waals surface area contributed by atoms with Crippen LogP contribution in [0.15, 0.2) is 12.1 Å². The molecule has 0 atom stereocenters. The van der Waals surface area contributed by atoms with Gasteiger partial charge in [0.1, 0.15) is 0 Å². The first-order valence-corrected chi connectivity index (χ1v) is 5.50. The number of hydrogen-bond acceptors (Lipinski definition) is 6. The normalized spacial score (nSPS) is 9.27. The van der Waals surface area contributed by atoms with Crippen LogP contribution in [0.3, 0.4) is 0 Å². The molecule has 0 aliphatic carbocycles. The maximum Gasteiger partial charge on any atom is 0.394 e. The van der Waals surface area contributed by atoms with Gasteiger partial charge in [0.2, 0.25) is 0 Å². The third-order valence-electron chi connectivity index (χ3n) is 2.31. The fourth-order valence-corrected chi connectivity index (χ4v) is 1.45. The van der Waals surface area contributed by atoms with Crippen molar-refractivity contribution in [3.63, 3.8) is 0 Å². The summed E-state index contributed by atoms with van der Waals surface area (Å²) in [6.45, 7) is 0. The van der Waals surface area contributed by atoms with E-state index in [4.69, 9.17) is 20.2 Å². The molecular formula is C12H9N3O7. The number of nitriles is 1. The Morgan fingerprint density at radius 2 is 1.45 bits per heavy atom. The Balaban J connectivity index is 3.35. The molecule has 0 radical (unpaired) electrons. The summed E-state index contributed by atoms with van der Waals surface area (Å²) in [7, 11) is 1.15. The molecule has 0 saturated heterocycles. The molecule has 0 aliphatic heterocycles. The lowest BCUT2D eigenvalue weighted by molar-refractivity contribution is -0.147. The second-order valence-corrected chi connectivity index (χ2v) is 3.73. The van der Waals surface area contributed by atoms with Gasteiger partial charge in [-0.05, 0) is 12.1 Å². The number of ether oxygens (including phenoxy) is 1. The highest BCUT2D eigenvalue weighted by Gasteiger charge is 2.20. The van der Waals surface area contributed by atoms with E-state index in [-0.39, 0.29) is 22.7 Å². The van der Waals surface area contributed by atoms with Crippen LogP contribution in [0.25, 0.3) is 0 Å². The lowest BCUT2D eigenvalue weighted by Crippen LogP contribution is -2.24. The van der Waals surface area contributed by atoms with Crippen LogP contribution < -0.4 is 15.4 Å². The number of aliphatic carboxylic acids is 2. The number of carboxylic acid groups (broad SMARTS) is 2. The fourth-order valence-electron chi connectivity index (χ4n) is 1.45. The van der Waals surface area contributed by atoms with Crippen molar-refractivity contribution in [2.45, 2.75) is 0 Å². The highest BCUT2D eigenvalue weighted by Crippen LogP contribution is 2.34. The third kappa shape index (κ3) is 3.70. The highest BCUT2D eigenvalue weighted by molar-refractivity contribution is 6.37. The molecule has 2 amide bonds. The Hall–Kier alpha value is -3.61. The quantitative estimate of drug-likeness (QED) is 0.548. The van der Waals surface area contributed by atoms with Gasteiger partial charge < -0.3 is 25.6 Å². The van der Waals surface area contributed by atoms with Gasteiger partial charge in [0, 0.05) is 0 Å². The molecule has 0 unspecified atom stereocenters. The Kier molecular flexibility index (Phi) is 5.01. The number of methoxy groups -OCH3 is 1. The number of benzene rings is 1. The molecule has 4 N–H and O–H groups in total. The maximum absolute atomic E-state index is 11.2. The monoisotopic (exact) mass is 307 g/mol. The molecule has 0 bridgehead atoms. The molecule has 1 rings (SSSR count). The van der Waals surface area contributed by atoms with Crippen LogP contribution in [-0.4, -0.2) is 41.1 Å². The zero-order valence-electron chi connectivity index (χ0n) is 11.0. The van der Waals surface area contributed by atoms with Crippen molar-refractivity contribution in [2.24, 2.45) is 0 Å². The van der Waals surface area contributed by atoms with Crippen molar-refractivity contribution in [3.05, 3.63) is 17.7 Å². The van der Waals surface area contributed by atoms with Gasteiger partial charge in [0.15, 0.2) is 5.75 Å². The molecule has 0 heterocycles. The number of hydrogen-bond donors (Lipinski definition) is 4. The minimum atomic E-state index is -1.78. The molecule has 0 aromatic heterocycles. The number of carboxylic acids is 2. The molecule has 1 aromatic rings. The summed E-state index contributed by atoms with van der Waals surface area (Å²) in [6, 6.07) is 3.93. The number of carbonyl (C=O) groups is 4. The van der Waals surface area contributed by atoms with E-state index in [0.717, 1.165) is 19.2 Å². The first kappa shape index (κ1) is 16.4. The lowest BCUT2D eigenvalue weighted by atomic mass is 10.1. The number of nitrogens with zero attached hydrogens (tertiary/aromatic N) is 1. The zero-order chi connectivity index (χ0) is 16.9. The van der Waals surface area contributed by atoms with Crippen molar-refractivity contribution < 1.29 is 34.1 Å². The fraction of sp³-hybridized carbons (Fsp3) is 0.0833. The molecule has 0 aliphatic rings. The maximum atomic E-state index is 11.2. The molecule has 0 fully saturated rings. The molecular weight excluding hydrogens is 298 g/mol. The number of anilines is 2. The summed E-state index contributed by atoms with van der Waals surface area (Å²) >= 11 is 0. The smallest absolute Gasteiger partial charge is 0.394 e. The van der Waals surface area contributed by atoms with E-state index in [1.54, 1.807) is 6.07 Å². The van der Waals surface area contributed by atoms with E-state index < -0.39 is 23.8 Å². The van der Waals surface area contributed by atoms with Crippen molar-refractivity contribution in [3.8, 4) is 11.8 Å². The van der Waals surface area contributed by atoms with Crippen LogP contribution >= 0.6 is 0 Å². The minimum Gasteiger partial charge on any atom is -0.492 e. The van der Waals surface area contributed by atoms with Crippen molar-refractivity contribution in [1.29, 1.82) is 5.26 Å². The first-order valence-electron chi connectivity index (χ1n) is 5.50. The average molecular weight is 307 g/mol. The molecule has 10 heteroatoms. The van der Waals surface area contributed by atoms with Gasteiger partial charge in [0.25, 0.3) is 0 Å². The van der Waals surface area contributed by atoms with E-state index in [1.807, 2.05) is 10.6 Å². The van der Waals surface area contributed by atoms with Gasteiger partial charge >= 0.3 is 23.8 Å². The Labute approximate surface area is 122 Å².